The molecule has 5 heteroatoms. The summed E-state index contributed by atoms with van der Waals surface area (Å²) in [6, 6.07) is 0. The number of rotatable bonds is 4. The quantitative estimate of drug-likeness (QED) is 0.541. The standard InChI is InChI=1S/C6H13N.3ClH.Ir/c1-2-3-4-5-6-7;;;;/h6-7H,2-5H2,1H3;3*1H;/q;;;;+3/p-3. The third kappa shape index (κ3) is 35.1. The summed E-state index contributed by atoms with van der Waals surface area (Å²) in [5.41, 5.74) is 0. The monoisotopic (exact) mass is 397 g/mol. The zero-order valence-corrected chi connectivity index (χ0v) is 11.0. The summed E-state index contributed by atoms with van der Waals surface area (Å²) in [7, 11) is 14.9. The van der Waals surface area contributed by atoms with Crippen molar-refractivity contribution < 1.29 is 13.5 Å². The van der Waals surface area contributed by atoms with Crippen molar-refractivity contribution in [3.63, 3.8) is 0 Å². The molecule has 0 atom stereocenters. The van der Waals surface area contributed by atoms with E-state index in [9.17, 15) is 0 Å². The van der Waals surface area contributed by atoms with E-state index in [1.807, 2.05) is 0 Å². The summed E-state index contributed by atoms with van der Waals surface area (Å²) in [5.74, 6) is 0. The third-order valence-electron chi connectivity index (χ3n) is 0.952. The van der Waals surface area contributed by atoms with Gasteiger partial charge in [-0.2, -0.15) is 0 Å². The van der Waals surface area contributed by atoms with E-state index in [0.29, 0.717) is 0 Å². The molecular formula is C6H13Cl3IrN. The van der Waals surface area contributed by atoms with Crippen molar-refractivity contribution in [2.24, 2.45) is 0 Å². The number of hydrogen-bond donors (Lipinski definition) is 1. The van der Waals surface area contributed by atoms with Gasteiger partial charge in [-0.1, -0.05) is 19.8 Å². The van der Waals surface area contributed by atoms with Crippen molar-refractivity contribution >= 4 is 35.0 Å². The molecule has 0 aromatic carbocycles. The molecule has 72 valence electrons. The van der Waals surface area contributed by atoms with Gasteiger partial charge in [0, 0.05) is 0 Å². The van der Waals surface area contributed by atoms with Crippen LogP contribution in [0.2, 0.25) is 0 Å². The molecule has 0 bridgehead atoms. The molecule has 0 radical (unpaired) electrons. The Balaban J connectivity index is 0. The molecule has 0 aliphatic heterocycles. The summed E-state index contributed by atoms with van der Waals surface area (Å²) >= 11 is -1.92. The van der Waals surface area contributed by atoms with Gasteiger partial charge in [0.1, 0.15) is 0 Å². The first-order chi connectivity index (χ1) is 5.15. The summed E-state index contributed by atoms with van der Waals surface area (Å²) < 4.78 is 0. The van der Waals surface area contributed by atoms with Gasteiger partial charge in [-0.25, -0.2) is 0 Å². The van der Waals surface area contributed by atoms with Gasteiger partial charge in [-0.3, -0.25) is 0 Å². The second-order valence-electron chi connectivity index (χ2n) is 1.84. The van der Waals surface area contributed by atoms with Crippen molar-refractivity contribution in [3.8, 4) is 0 Å². The molecule has 0 aliphatic rings. The minimum absolute atomic E-state index is 0.966. The van der Waals surface area contributed by atoms with Crippen LogP contribution in [0.15, 0.2) is 0 Å². The average molecular weight is 398 g/mol. The fourth-order valence-electron chi connectivity index (χ4n) is 0.496. The van der Waals surface area contributed by atoms with E-state index in [2.05, 4.69) is 6.92 Å². The topological polar surface area (TPSA) is 23.9 Å². The van der Waals surface area contributed by atoms with Gasteiger partial charge in [-0.05, 0) is 19.1 Å². The van der Waals surface area contributed by atoms with Gasteiger partial charge in [-0.15, -0.1) is 0 Å². The van der Waals surface area contributed by atoms with Gasteiger partial charge < -0.3 is 5.41 Å². The molecule has 0 aromatic rings. The molecule has 0 spiro atoms. The van der Waals surface area contributed by atoms with Crippen LogP contribution in [0.25, 0.3) is 0 Å². The minimum atomic E-state index is -1.92. The molecule has 0 rings (SSSR count). The van der Waals surface area contributed by atoms with E-state index in [0.717, 1.165) is 6.42 Å². The number of halogens is 3. The van der Waals surface area contributed by atoms with Crippen LogP contribution in [0.1, 0.15) is 32.6 Å². The molecule has 0 unspecified atom stereocenters. The van der Waals surface area contributed by atoms with Crippen molar-refractivity contribution in [3.05, 3.63) is 0 Å². The maximum absolute atomic E-state index is 6.66. The first kappa shape index (κ1) is 14.7. The van der Waals surface area contributed by atoms with Gasteiger partial charge in [0.25, 0.3) is 0 Å². The van der Waals surface area contributed by atoms with E-state index >= 15 is 0 Å². The molecule has 0 aromatic heterocycles. The molecule has 0 heterocycles. The molecule has 0 aliphatic carbocycles. The Bertz CT molecular complexity index is 77.5. The Morgan fingerprint density at radius 1 is 1.27 bits per heavy atom. The Kier molecular flexibility index (Phi) is 18.4. The molecule has 1 nitrogen and oxygen atoms in total. The fourth-order valence-corrected chi connectivity index (χ4v) is 0.496. The summed E-state index contributed by atoms with van der Waals surface area (Å²) in [4.78, 5) is 0. The van der Waals surface area contributed by atoms with E-state index < -0.39 is 13.5 Å². The van der Waals surface area contributed by atoms with E-state index in [1.165, 1.54) is 25.5 Å². The Labute approximate surface area is 86.1 Å². The summed E-state index contributed by atoms with van der Waals surface area (Å²) in [5, 5.41) is 6.66. The predicted molar refractivity (Wildman–Crippen MR) is 50.5 cm³/mol. The van der Waals surface area contributed by atoms with Gasteiger partial charge in [0.2, 0.25) is 0 Å². The van der Waals surface area contributed by atoms with Crippen LogP contribution in [0.3, 0.4) is 0 Å². The molecule has 0 fully saturated rings. The summed E-state index contributed by atoms with van der Waals surface area (Å²) in [6.07, 6.45) is 6.17. The zero-order chi connectivity index (χ0) is 9.11. The van der Waals surface area contributed by atoms with Crippen LogP contribution in [-0.2, 0) is 13.5 Å². The van der Waals surface area contributed by atoms with Crippen LogP contribution in [-0.4, -0.2) is 6.21 Å². The molecule has 11 heavy (non-hydrogen) atoms. The van der Waals surface area contributed by atoms with Crippen LogP contribution in [0, 0.1) is 5.41 Å². The molecular weight excluding hydrogens is 385 g/mol. The molecule has 0 saturated carbocycles. The van der Waals surface area contributed by atoms with Crippen LogP contribution in [0.4, 0.5) is 0 Å². The Morgan fingerprint density at radius 2 is 1.73 bits per heavy atom. The van der Waals surface area contributed by atoms with Crippen molar-refractivity contribution in [1.82, 2.24) is 0 Å². The van der Waals surface area contributed by atoms with Crippen molar-refractivity contribution in [2.45, 2.75) is 32.6 Å². The third-order valence-corrected chi connectivity index (χ3v) is 0.952. The fraction of sp³-hybridized carbons (Fsp3) is 0.833. The van der Waals surface area contributed by atoms with Crippen LogP contribution >= 0.6 is 28.8 Å². The number of unbranched alkanes of at least 4 members (excludes halogenated alkanes) is 3. The number of hydrogen-bond acceptors (Lipinski definition) is 1. The Hall–Kier alpha value is 1.19. The second-order valence-corrected chi connectivity index (χ2v) is 12.2. The first-order valence-corrected chi connectivity index (χ1v) is 12.2. The van der Waals surface area contributed by atoms with E-state index in [4.69, 9.17) is 34.2 Å². The van der Waals surface area contributed by atoms with Gasteiger partial charge in [0.15, 0.2) is 0 Å². The van der Waals surface area contributed by atoms with E-state index in [-0.39, 0.29) is 0 Å². The maximum atomic E-state index is 6.66. The van der Waals surface area contributed by atoms with Crippen molar-refractivity contribution in [1.29, 1.82) is 5.41 Å². The van der Waals surface area contributed by atoms with Crippen LogP contribution in [0.5, 0.6) is 0 Å². The normalized spacial score (nSPS) is 9.64. The SMILES string of the molecule is CCCCCC=N.[Cl][Ir]([Cl])[Cl]. The molecule has 0 amide bonds. The summed E-state index contributed by atoms with van der Waals surface area (Å²) in [6.45, 7) is 2.17. The van der Waals surface area contributed by atoms with Crippen molar-refractivity contribution in [2.75, 3.05) is 0 Å². The van der Waals surface area contributed by atoms with E-state index in [1.54, 1.807) is 0 Å². The Morgan fingerprint density at radius 3 is 2.00 bits per heavy atom. The molecule has 0 saturated heterocycles. The van der Waals surface area contributed by atoms with Gasteiger partial charge >= 0.3 is 42.2 Å². The van der Waals surface area contributed by atoms with Crippen LogP contribution < -0.4 is 0 Å². The first-order valence-electron chi connectivity index (χ1n) is 3.28. The molecule has 1 N–H and O–H groups in total. The van der Waals surface area contributed by atoms with Gasteiger partial charge in [0.05, 0.1) is 0 Å². The average Bonchev–Trinajstić information content (AvgIpc) is 1.88. The second kappa shape index (κ2) is 13.8. The zero-order valence-electron chi connectivity index (χ0n) is 6.37. The predicted octanol–water partition coefficient (Wildman–Crippen LogP) is 4.28. The number of nitrogens with one attached hydrogen (secondary N) is 1.